The first-order valence-electron chi connectivity index (χ1n) is 7.34. The Bertz CT molecular complexity index is 1040. The average molecular weight is 347 g/mol. The lowest BCUT2D eigenvalue weighted by Gasteiger charge is -2.11. The van der Waals surface area contributed by atoms with Gasteiger partial charge < -0.3 is 14.8 Å². The SMILES string of the molecule is O=C(OCn1cc(F)c(=O)[nH]c1=O)C(O)Cc1c[nH]c2ccccc12. The van der Waals surface area contributed by atoms with Crippen LogP contribution in [0, 0.1) is 5.82 Å². The van der Waals surface area contributed by atoms with E-state index in [4.69, 9.17) is 4.74 Å². The Morgan fingerprint density at radius 3 is 2.88 bits per heavy atom. The Morgan fingerprint density at radius 2 is 2.08 bits per heavy atom. The number of aromatic amines is 2. The Hall–Kier alpha value is -3.20. The Labute approximate surface area is 139 Å². The minimum Gasteiger partial charge on any atom is -0.442 e. The maximum absolute atomic E-state index is 13.1. The number of rotatable bonds is 5. The van der Waals surface area contributed by atoms with E-state index < -0.39 is 35.9 Å². The zero-order valence-electron chi connectivity index (χ0n) is 12.9. The number of nitrogens with zero attached hydrogens (tertiary/aromatic N) is 1. The Morgan fingerprint density at radius 1 is 1.32 bits per heavy atom. The lowest BCUT2D eigenvalue weighted by atomic mass is 10.1. The molecule has 0 saturated carbocycles. The summed E-state index contributed by atoms with van der Waals surface area (Å²) in [4.78, 5) is 39.0. The van der Waals surface area contributed by atoms with E-state index in [0.29, 0.717) is 10.8 Å². The van der Waals surface area contributed by atoms with Gasteiger partial charge in [0.2, 0.25) is 5.82 Å². The first-order valence-corrected chi connectivity index (χ1v) is 7.34. The number of aliphatic hydroxyl groups is 1. The minimum atomic E-state index is -1.46. The zero-order valence-corrected chi connectivity index (χ0v) is 12.9. The molecule has 0 aliphatic heterocycles. The molecule has 3 rings (SSSR count). The van der Waals surface area contributed by atoms with Crippen molar-refractivity contribution in [1.82, 2.24) is 14.5 Å². The van der Waals surface area contributed by atoms with Crippen LogP contribution in [-0.4, -0.2) is 31.7 Å². The lowest BCUT2D eigenvalue weighted by molar-refractivity contribution is -0.157. The van der Waals surface area contributed by atoms with Crippen LogP contribution in [0.4, 0.5) is 4.39 Å². The quantitative estimate of drug-likeness (QED) is 0.573. The number of halogens is 1. The van der Waals surface area contributed by atoms with Gasteiger partial charge in [-0.05, 0) is 11.6 Å². The number of aliphatic hydroxyl groups excluding tert-OH is 1. The van der Waals surface area contributed by atoms with E-state index in [1.165, 1.54) is 0 Å². The highest BCUT2D eigenvalue weighted by Crippen LogP contribution is 2.19. The molecule has 2 heterocycles. The Balaban J connectivity index is 1.66. The molecular weight excluding hydrogens is 333 g/mol. The second kappa shape index (κ2) is 6.73. The van der Waals surface area contributed by atoms with Crippen LogP contribution >= 0.6 is 0 Å². The van der Waals surface area contributed by atoms with E-state index in [1.807, 2.05) is 24.3 Å². The molecule has 2 aromatic heterocycles. The van der Waals surface area contributed by atoms with Gasteiger partial charge in [-0.3, -0.25) is 14.3 Å². The monoisotopic (exact) mass is 347 g/mol. The highest BCUT2D eigenvalue weighted by Gasteiger charge is 2.19. The number of fused-ring (bicyclic) bond motifs is 1. The smallest absolute Gasteiger partial charge is 0.337 e. The van der Waals surface area contributed by atoms with Crippen molar-refractivity contribution < 1.29 is 19.0 Å². The van der Waals surface area contributed by atoms with Gasteiger partial charge in [0.15, 0.2) is 12.8 Å². The van der Waals surface area contributed by atoms with Gasteiger partial charge in [0.05, 0.1) is 6.20 Å². The highest BCUT2D eigenvalue weighted by molar-refractivity contribution is 5.84. The third-order valence-electron chi connectivity index (χ3n) is 3.67. The fourth-order valence-electron chi connectivity index (χ4n) is 2.40. The van der Waals surface area contributed by atoms with Crippen molar-refractivity contribution in [3.05, 3.63) is 68.9 Å². The van der Waals surface area contributed by atoms with Crippen molar-refractivity contribution in [2.45, 2.75) is 19.3 Å². The third-order valence-corrected chi connectivity index (χ3v) is 3.67. The molecule has 1 aromatic carbocycles. The molecule has 0 saturated heterocycles. The molecule has 1 unspecified atom stereocenters. The number of nitrogens with one attached hydrogen (secondary N) is 2. The van der Waals surface area contributed by atoms with E-state index in [-0.39, 0.29) is 6.42 Å². The molecule has 0 aliphatic carbocycles. The van der Waals surface area contributed by atoms with Gasteiger partial charge in [0.1, 0.15) is 0 Å². The maximum atomic E-state index is 13.1. The van der Waals surface area contributed by atoms with Crippen molar-refractivity contribution in [3.8, 4) is 0 Å². The second-order valence-electron chi connectivity index (χ2n) is 5.38. The fourth-order valence-corrected chi connectivity index (χ4v) is 2.40. The Kier molecular flexibility index (Phi) is 4.48. The summed E-state index contributed by atoms with van der Waals surface area (Å²) in [7, 11) is 0. The van der Waals surface area contributed by atoms with Crippen LogP contribution < -0.4 is 11.2 Å². The summed E-state index contributed by atoms with van der Waals surface area (Å²) in [6.45, 7) is -0.629. The molecule has 1 atom stereocenters. The van der Waals surface area contributed by atoms with Gasteiger partial charge in [0.25, 0.3) is 5.56 Å². The van der Waals surface area contributed by atoms with Crippen LogP contribution in [0.3, 0.4) is 0 Å². The van der Waals surface area contributed by atoms with Crippen molar-refractivity contribution >= 4 is 16.9 Å². The molecule has 0 aliphatic rings. The number of carbonyl (C=O) groups is 1. The molecule has 0 fully saturated rings. The van der Waals surface area contributed by atoms with Gasteiger partial charge >= 0.3 is 11.7 Å². The third kappa shape index (κ3) is 3.50. The zero-order chi connectivity index (χ0) is 18.0. The van der Waals surface area contributed by atoms with Crippen molar-refractivity contribution in [2.75, 3.05) is 0 Å². The molecule has 3 N–H and O–H groups in total. The number of H-pyrrole nitrogens is 2. The molecular formula is C16H14FN3O5. The summed E-state index contributed by atoms with van der Waals surface area (Å²) in [6.07, 6.45) is 0.865. The number of hydrogen-bond acceptors (Lipinski definition) is 5. The van der Waals surface area contributed by atoms with Gasteiger partial charge in [0, 0.05) is 23.5 Å². The minimum absolute atomic E-state index is 0.0116. The van der Waals surface area contributed by atoms with E-state index in [9.17, 15) is 23.9 Å². The van der Waals surface area contributed by atoms with Crippen LogP contribution in [0.1, 0.15) is 5.56 Å². The number of hydrogen-bond donors (Lipinski definition) is 3. The standard InChI is InChI=1S/C16H14FN3O5/c17-11-7-20(16(24)19-14(11)22)8-25-15(23)13(21)5-9-6-18-12-4-2-1-3-10(9)12/h1-4,6-7,13,18,21H,5,8H2,(H,19,22,24). The number of para-hydroxylation sites is 1. The summed E-state index contributed by atoms with van der Waals surface area (Å²) in [5.74, 6) is -2.15. The van der Waals surface area contributed by atoms with Crippen LogP contribution in [0.5, 0.6) is 0 Å². The van der Waals surface area contributed by atoms with E-state index in [2.05, 4.69) is 4.98 Å². The number of carbonyl (C=O) groups excluding carboxylic acids is 1. The predicted octanol–water partition coefficient (Wildman–Crippen LogP) is 0.261. The maximum Gasteiger partial charge on any atom is 0.337 e. The molecule has 0 amide bonds. The summed E-state index contributed by atoms with van der Waals surface area (Å²) >= 11 is 0. The molecule has 0 spiro atoms. The number of aromatic nitrogens is 3. The van der Waals surface area contributed by atoms with Crippen LogP contribution in [0.15, 0.2) is 46.2 Å². The van der Waals surface area contributed by atoms with E-state index in [0.717, 1.165) is 16.5 Å². The van der Waals surface area contributed by atoms with Crippen molar-refractivity contribution in [2.24, 2.45) is 0 Å². The van der Waals surface area contributed by atoms with Gasteiger partial charge in [-0.15, -0.1) is 0 Å². The molecule has 8 nitrogen and oxygen atoms in total. The molecule has 25 heavy (non-hydrogen) atoms. The van der Waals surface area contributed by atoms with Gasteiger partial charge in [-0.25, -0.2) is 9.59 Å². The number of benzene rings is 1. The molecule has 3 aromatic rings. The largest absolute Gasteiger partial charge is 0.442 e. The second-order valence-corrected chi connectivity index (χ2v) is 5.38. The predicted molar refractivity (Wildman–Crippen MR) is 85.4 cm³/mol. The number of esters is 1. The summed E-state index contributed by atoms with van der Waals surface area (Å²) in [5, 5.41) is 10.9. The van der Waals surface area contributed by atoms with Crippen LogP contribution in [-0.2, 0) is 22.7 Å². The van der Waals surface area contributed by atoms with Crippen molar-refractivity contribution in [3.63, 3.8) is 0 Å². The van der Waals surface area contributed by atoms with Crippen molar-refractivity contribution in [1.29, 1.82) is 0 Å². The molecule has 0 radical (unpaired) electrons. The van der Waals surface area contributed by atoms with Gasteiger partial charge in [-0.2, -0.15) is 4.39 Å². The molecule has 9 heteroatoms. The fraction of sp³-hybridized carbons (Fsp3) is 0.188. The van der Waals surface area contributed by atoms with Crippen LogP contribution in [0.25, 0.3) is 10.9 Å². The summed E-state index contributed by atoms with van der Waals surface area (Å²) in [6, 6.07) is 7.40. The average Bonchev–Trinajstić information content (AvgIpc) is 2.99. The molecule has 130 valence electrons. The first kappa shape index (κ1) is 16.7. The first-order chi connectivity index (χ1) is 12.0. The number of ether oxygens (including phenoxy) is 1. The van der Waals surface area contributed by atoms with E-state index >= 15 is 0 Å². The van der Waals surface area contributed by atoms with E-state index in [1.54, 1.807) is 11.2 Å². The highest BCUT2D eigenvalue weighted by atomic mass is 19.1. The normalized spacial score (nSPS) is 12.2. The van der Waals surface area contributed by atoms with Gasteiger partial charge in [-0.1, -0.05) is 18.2 Å². The summed E-state index contributed by atoms with van der Waals surface area (Å²) < 4.78 is 18.6. The summed E-state index contributed by atoms with van der Waals surface area (Å²) in [5.41, 5.74) is -0.488. The lowest BCUT2D eigenvalue weighted by Crippen LogP contribution is -2.34. The van der Waals surface area contributed by atoms with Crippen LogP contribution in [0.2, 0.25) is 0 Å². The topological polar surface area (TPSA) is 117 Å². The molecule has 0 bridgehead atoms.